The molecule has 0 spiro atoms. The van der Waals surface area contributed by atoms with Crippen molar-refractivity contribution in [1.82, 2.24) is 5.32 Å². The smallest absolute Gasteiger partial charge is 0.338 e. The van der Waals surface area contributed by atoms with Crippen molar-refractivity contribution in [2.45, 2.75) is 52.0 Å². The fourth-order valence-corrected chi connectivity index (χ4v) is 2.80. The van der Waals surface area contributed by atoms with Gasteiger partial charge in [-0.1, -0.05) is 13.8 Å². The minimum atomic E-state index is -0.496. The van der Waals surface area contributed by atoms with Gasteiger partial charge >= 0.3 is 5.97 Å². The second-order valence-corrected chi connectivity index (χ2v) is 6.47. The molecule has 1 aliphatic rings. The standard InChI is InChI=1S/C19H27NO4/c1-3-12-23-17-10-6-15(7-11-17)19(22)24-13-18(21)20-16-8-4-14(2)5-9-16/h6-7,10-11,14,16H,3-5,8-9,12-13H2,1-2H3,(H,20,21). The molecule has 2 rings (SSSR count). The van der Waals surface area contributed by atoms with E-state index in [-0.39, 0.29) is 18.6 Å². The molecule has 24 heavy (non-hydrogen) atoms. The van der Waals surface area contributed by atoms with Crippen LogP contribution in [-0.4, -0.2) is 31.1 Å². The Balaban J connectivity index is 1.72. The van der Waals surface area contributed by atoms with Gasteiger partial charge < -0.3 is 14.8 Å². The molecule has 0 heterocycles. The molecule has 0 saturated heterocycles. The highest BCUT2D eigenvalue weighted by atomic mass is 16.5. The van der Waals surface area contributed by atoms with Gasteiger partial charge in [-0.05, 0) is 62.3 Å². The summed E-state index contributed by atoms with van der Waals surface area (Å²) in [5, 5.41) is 2.94. The molecule has 1 aromatic rings. The topological polar surface area (TPSA) is 64.6 Å². The first-order chi connectivity index (χ1) is 11.6. The molecule has 0 aromatic heterocycles. The summed E-state index contributed by atoms with van der Waals surface area (Å²) in [5.74, 6) is 0.730. The number of ether oxygens (including phenoxy) is 2. The Bertz CT molecular complexity index is 533. The van der Waals surface area contributed by atoms with E-state index in [2.05, 4.69) is 12.2 Å². The number of esters is 1. The minimum absolute atomic E-state index is 0.211. The molecule has 0 radical (unpaired) electrons. The van der Waals surface area contributed by atoms with Crippen LogP contribution in [0.1, 0.15) is 56.3 Å². The summed E-state index contributed by atoms with van der Waals surface area (Å²) < 4.78 is 10.5. The third kappa shape index (κ3) is 5.87. The zero-order valence-electron chi connectivity index (χ0n) is 14.5. The van der Waals surface area contributed by atoms with Crippen LogP contribution in [0.3, 0.4) is 0 Å². The molecule has 1 N–H and O–H groups in total. The third-order valence-electron chi connectivity index (χ3n) is 4.28. The van der Waals surface area contributed by atoms with Crippen LogP contribution in [0.25, 0.3) is 0 Å². The summed E-state index contributed by atoms with van der Waals surface area (Å²) in [7, 11) is 0. The molecule has 5 nitrogen and oxygen atoms in total. The lowest BCUT2D eigenvalue weighted by Crippen LogP contribution is -2.39. The van der Waals surface area contributed by atoms with E-state index in [0.717, 1.165) is 43.8 Å². The van der Waals surface area contributed by atoms with Gasteiger partial charge in [0, 0.05) is 6.04 Å². The van der Waals surface area contributed by atoms with Gasteiger partial charge in [-0.2, -0.15) is 0 Å². The molecule has 1 amide bonds. The van der Waals surface area contributed by atoms with Gasteiger partial charge in [-0.15, -0.1) is 0 Å². The molecular formula is C19H27NO4. The van der Waals surface area contributed by atoms with Crippen LogP contribution in [0.4, 0.5) is 0 Å². The summed E-state index contributed by atoms with van der Waals surface area (Å²) in [4.78, 5) is 23.9. The van der Waals surface area contributed by atoms with Gasteiger partial charge in [0.15, 0.2) is 6.61 Å². The maximum atomic E-state index is 12.0. The molecule has 5 heteroatoms. The number of nitrogens with one attached hydrogen (secondary N) is 1. The third-order valence-corrected chi connectivity index (χ3v) is 4.28. The van der Waals surface area contributed by atoms with E-state index in [0.29, 0.717) is 12.2 Å². The van der Waals surface area contributed by atoms with Crippen molar-refractivity contribution in [3.05, 3.63) is 29.8 Å². The van der Waals surface area contributed by atoms with E-state index in [4.69, 9.17) is 9.47 Å². The predicted molar refractivity (Wildman–Crippen MR) is 92.1 cm³/mol. The SMILES string of the molecule is CCCOc1ccc(C(=O)OCC(=O)NC2CCC(C)CC2)cc1. The first-order valence-corrected chi connectivity index (χ1v) is 8.77. The van der Waals surface area contributed by atoms with Crippen LogP contribution in [0, 0.1) is 5.92 Å². The van der Waals surface area contributed by atoms with E-state index in [9.17, 15) is 9.59 Å². The Labute approximate surface area is 143 Å². The van der Waals surface area contributed by atoms with Crippen molar-refractivity contribution in [3.63, 3.8) is 0 Å². The zero-order valence-corrected chi connectivity index (χ0v) is 14.5. The van der Waals surface area contributed by atoms with Crippen molar-refractivity contribution in [1.29, 1.82) is 0 Å². The number of carbonyl (C=O) groups is 2. The maximum Gasteiger partial charge on any atom is 0.338 e. The Hall–Kier alpha value is -2.04. The average Bonchev–Trinajstić information content (AvgIpc) is 2.60. The highest BCUT2D eigenvalue weighted by Gasteiger charge is 2.20. The summed E-state index contributed by atoms with van der Waals surface area (Å²) in [5.41, 5.74) is 0.415. The zero-order chi connectivity index (χ0) is 17.4. The summed E-state index contributed by atoms with van der Waals surface area (Å²) in [6, 6.07) is 6.97. The average molecular weight is 333 g/mol. The van der Waals surface area contributed by atoms with Crippen molar-refractivity contribution in [3.8, 4) is 5.75 Å². The van der Waals surface area contributed by atoms with Gasteiger partial charge in [-0.3, -0.25) is 4.79 Å². The van der Waals surface area contributed by atoms with Gasteiger partial charge in [0.05, 0.1) is 12.2 Å². The predicted octanol–water partition coefficient (Wildman–Crippen LogP) is 3.33. The Morgan fingerprint density at radius 1 is 1.12 bits per heavy atom. The van der Waals surface area contributed by atoms with Crippen LogP contribution in [-0.2, 0) is 9.53 Å². The number of rotatable bonds is 7. The fourth-order valence-electron chi connectivity index (χ4n) is 2.80. The lowest BCUT2D eigenvalue weighted by molar-refractivity contribution is -0.125. The molecule has 0 bridgehead atoms. The quantitative estimate of drug-likeness (QED) is 0.777. The van der Waals surface area contributed by atoms with Crippen LogP contribution in [0.15, 0.2) is 24.3 Å². The highest BCUT2D eigenvalue weighted by Crippen LogP contribution is 2.23. The van der Waals surface area contributed by atoms with E-state index in [1.807, 2.05) is 6.92 Å². The van der Waals surface area contributed by atoms with Gasteiger partial charge in [0.2, 0.25) is 0 Å². The van der Waals surface area contributed by atoms with Gasteiger partial charge in [0.1, 0.15) is 5.75 Å². The molecule has 0 atom stereocenters. The fraction of sp³-hybridized carbons (Fsp3) is 0.579. The minimum Gasteiger partial charge on any atom is -0.494 e. The summed E-state index contributed by atoms with van der Waals surface area (Å²) >= 11 is 0. The van der Waals surface area contributed by atoms with Crippen LogP contribution >= 0.6 is 0 Å². The van der Waals surface area contributed by atoms with Gasteiger partial charge in [0.25, 0.3) is 5.91 Å². The van der Waals surface area contributed by atoms with Crippen molar-refractivity contribution in [2.24, 2.45) is 5.92 Å². The number of hydrogen-bond acceptors (Lipinski definition) is 4. The van der Waals surface area contributed by atoms with Crippen LogP contribution < -0.4 is 10.1 Å². The number of carbonyl (C=O) groups excluding carboxylic acids is 2. The van der Waals surface area contributed by atoms with E-state index in [1.54, 1.807) is 24.3 Å². The van der Waals surface area contributed by atoms with Crippen LogP contribution in [0.5, 0.6) is 5.75 Å². The molecule has 1 aromatic carbocycles. The summed E-state index contributed by atoms with van der Waals surface area (Å²) in [6.07, 6.45) is 5.20. The van der Waals surface area contributed by atoms with E-state index >= 15 is 0 Å². The molecule has 1 fully saturated rings. The van der Waals surface area contributed by atoms with Crippen molar-refractivity contribution < 1.29 is 19.1 Å². The lowest BCUT2D eigenvalue weighted by Gasteiger charge is -2.26. The number of amides is 1. The second-order valence-electron chi connectivity index (χ2n) is 6.47. The highest BCUT2D eigenvalue weighted by molar-refractivity contribution is 5.91. The number of hydrogen-bond donors (Lipinski definition) is 1. The van der Waals surface area contributed by atoms with E-state index < -0.39 is 5.97 Å². The normalized spacial score (nSPS) is 20.2. The second kappa shape index (κ2) is 9.30. The molecule has 0 aliphatic heterocycles. The molecule has 0 unspecified atom stereocenters. The largest absolute Gasteiger partial charge is 0.494 e. The molecule has 1 aliphatic carbocycles. The first kappa shape index (κ1) is 18.3. The Kier molecular flexibility index (Phi) is 7.09. The van der Waals surface area contributed by atoms with Gasteiger partial charge in [-0.25, -0.2) is 4.79 Å². The maximum absolute atomic E-state index is 12.0. The summed E-state index contributed by atoms with van der Waals surface area (Å²) in [6.45, 7) is 4.67. The molecule has 132 valence electrons. The molecular weight excluding hydrogens is 306 g/mol. The number of benzene rings is 1. The van der Waals surface area contributed by atoms with Crippen LogP contribution in [0.2, 0.25) is 0 Å². The van der Waals surface area contributed by atoms with Crippen molar-refractivity contribution in [2.75, 3.05) is 13.2 Å². The molecule has 1 saturated carbocycles. The first-order valence-electron chi connectivity index (χ1n) is 8.77. The Morgan fingerprint density at radius 2 is 1.79 bits per heavy atom. The van der Waals surface area contributed by atoms with E-state index in [1.165, 1.54) is 0 Å². The monoisotopic (exact) mass is 333 g/mol. The lowest BCUT2D eigenvalue weighted by atomic mass is 9.87. The Morgan fingerprint density at radius 3 is 2.42 bits per heavy atom. The van der Waals surface area contributed by atoms with Crippen molar-refractivity contribution >= 4 is 11.9 Å².